The summed E-state index contributed by atoms with van der Waals surface area (Å²) in [6.07, 6.45) is 0. The Morgan fingerprint density at radius 2 is 2.25 bits per heavy atom. The van der Waals surface area contributed by atoms with Crippen molar-refractivity contribution in [1.29, 1.82) is 0 Å². The summed E-state index contributed by atoms with van der Waals surface area (Å²) >= 11 is 1.60. The Kier molecular flexibility index (Phi) is 5.94. The molecule has 4 heteroatoms. The second-order valence-corrected chi connectivity index (χ2v) is 4.20. The third-order valence-electron chi connectivity index (χ3n) is 1.86. The van der Waals surface area contributed by atoms with Crippen LogP contribution < -0.4 is 5.73 Å². The number of hydrogen-bond donors (Lipinski definition) is 2. The van der Waals surface area contributed by atoms with Crippen LogP contribution in [0.1, 0.15) is 11.1 Å². The molecular weight excluding hydrogens is 225 g/mol. The van der Waals surface area contributed by atoms with Gasteiger partial charge in [-0.1, -0.05) is 17.9 Å². The van der Waals surface area contributed by atoms with Gasteiger partial charge in [-0.25, -0.2) is 4.39 Å². The van der Waals surface area contributed by atoms with Crippen molar-refractivity contribution in [2.24, 2.45) is 5.73 Å². The molecule has 0 saturated heterocycles. The smallest absolute Gasteiger partial charge is 0.138 e. The summed E-state index contributed by atoms with van der Waals surface area (Å²) in [5.74, 6) is 6.43. The Morgan fingerprint density at radius 1 is 1.44 bits per heavy atom. The molecule has 0 saturated carbocycles. The molecule has 16 heavy (non-hydrogen) atoms. The lowest BCUT2D eigenvalue weighted by Gasteiger charge is -2.02. The van der Waals surface area contributed by atoms with Gasteiger partial charge in [-0.2, -0.15) is 11.8 Å². The normalized spacial score (nSPS) is 9.69. The summed E-state index contributed by atoms with van der Waals surface area (Å²) in [5.41, 5.74) is 6.62. The molecule has 0 radical (unpaired) electrons. The van der Waals surface area contributed by atoms with Gasteiger partial charge in [0.15, 0.2) is 0 Å². The van der Waals surface area contributed by atoms with E-state index in [0.29, 0.717) is 11.3 Å². The van der Waals surface area contributed by atoms with Crippen molar-refractivity contribution in [3.63, 3.8) is 0 Å². The predicted octanol–water partition coefficient (Wildman–Crippen LogP) is 1.36. The van der Waals surface area contributed by atoms with Crippen molar-refractivity contribution in [3.05, 3.63) is 35.1 Å². The zero-order valence-electron chi connectivity index (χ0n) is 8.87. The van der Waals surface area contributed by atoms with E-state index in [1.54, 1.807) is 23.9 Å². The van der Waals surface area contributed by atoms with E-state index in [2.05, 4.69) is 11.8 Å². The number of nitrogens with two attached hydrogens (primary N) is 1. The van der Waals surface area contributed by atoms with Crippen LogP contribution in [0.5, 0.6) is 0 Å². The van der Waals surface area contributed by atoms with E-state index in [0.717, 1.165) is 11.3 Å². The molecule has 0 aromatic heterocycles. The van der Waals surface area contributed by atoms with E-state index in [4.69, 9.17) is 10.8 Å². The molecule has 0 atom stereocenters. The van der Waals surface area contributed by atoms with Crippen molar-refractivity contribution in [1.82, 2.24) is 0 Å². The van der Waals surface area contributed by atoms with Crippen LogP contribution in [-0.4, -0.2) is 24.0 Å². The molecule has 0 fully saturated rings. The third-order valence-corrected chi connectivity index (χ3v) is 2.87. The standard InChI is InChI=1S/C12H14FNOS/c13-12-4-3-10(9-16-7-6-15)8-11(12)2-1-5-14/h3-4,8,15H,5-7,9,14H2. The fourth-order valence-electron chi connectivity index (χ4n) is 1.16. The van der Waals surface area contributed by atoms with Gasteiger partial charge in [0.05, 0.1) is 18.7 Å². The number of benzene rings is 1. The molecule has 0 aliphatic rings. The Balaban J connectivity index is 2.73. The second-order valence-electron chi connectivity index (χ2n) is 3.10. The maximum atomic E-state index is 13.3. The summed E-state index contributed by atoms with van der Waals surface area (Å²) in [7, 11) is 0. The van der Waals surface area contributed by atoms with Crippen LogP contribution >= 0.6 is 11.8 Å². The molecule has 1 rings (SSSR count). The highest BCUT2D eigenvalue weighted by molar-refractivity contribution is 7.98. The van der Waals surface area contributed by atoms with E-state index in [1.165, 1.54) is 6.07 Å². The Bertz CT molecular complexity index is 398. The molecule has 0 bridgehead atoms. The first-order chi connectivity index (χ1) is 7.77. The summed E-state index contributed by atoms with van der Waals surface area (Å²) < 4.78 is 13.3. The molecule has 1 aromatic rings. The molecule has 0 aliphatic carbocycles. The van der Waals surface area contributed by atoms with Crippen LogP contribution in [0.15, 0.2) is 18.2 Å². The van der Waals surface area contributed by atoms with Gasteiger partial charge in [0.1, 0.15) is 5.82 Å². The lowest BCUT2D eigenvalue weighted by Crippen LogP contribution is -1.94. The monoisotopic (exact) mass is 239 g/mol. The van der Waals surface area contributed by atoms with E-state index < -0.39 is 0 Å². The highest BCUT2D eigenvalue weighted by Crippen LogP contribution is 2.15. The van der Waals surface area contributed by atoms with Gasteiger partial charge in [-0.3, -0.25) is 0 Å². The van der Waals surface area contributed by atoms with Gasteiger partial charge in [-0.05, 0) is 17.7 Å². The molecule has 0 amide bonds. The van der Waals surface area contributed by atoms with Gasteiger partial charge in [-0.15, -0.1) is 0 Å². The summed E-state index contributed by atoms with van der Waals surface area (Å²) in [4.78, 5) is 0. The third kappa shape index (κ3) is 4.23. The fourth-order valence-corrected chi connectivity index (χ4v) is 1.85. The number of aliphatic hydroxyl groups excluding tert-OH is 1. The topological polar surface area (TPSA) is 46.2 Å². The lowest BCUT2D eigenvalue weighted by atomic mass is 10.1. The number of hydrogen-bond acceptors (Lipinski definition) is 3. The first-order valence-corrected chi connectivity index (χ1v) is 6.09. The fraction of sp³-hybridized carbons (Fsp3) is 0.333. The quantitative estimate of drug-likeness (QED) is 0.616. The SMILES string of the molecule is NCC#Cc1cc(CSCCO)ccc1F. The zero-order chi connectivity index (χ0) is 11.8. The van der Waals surface area contributed by atoms with Crippen LogP contribution in [0.25, 0.3) is 0 Å². The van der Waals surface area contributed by atoms with Crippen LogP contribution in [0.4, 0.5) is 4.39 Å². The van der Waals surface area contributed by atoms with Gasteiger partial charge in [0, 0.05) is 11.5 Å². The Hall–Kier alpha value is -1.02. The van der Waals surface area contributed by atoms with Crippen molar-refractivity contribution < 1.29 is 9.50 Å². The summed E-state index contributed by atoms with van der Waals surface area (Å²) in [5, 5.41) is 8.64. The number of thioether (sulfide) groups is 1. The molecule has 0 spiro atoms. The van der Waals surface area contributed by atoms with Crippen molar-refractivity contribution >= 4 is 11.8 Å². The minimum Gasteiger partial charge on any atom is -0.396 e. The average molecular weight is 239 g/mol. The van der Waals surface area contributed by atoms with Gasteiger partial charge in [0.2, 0.25) is 0 Å². The molecular formula is C12H14FNOS. The second kappa shape index (κ2) is 7.29. The molecule has 0 aliphatic heterocycles. The molecule has 0 heterocycles. The van der Waals surface area contributed by atoms with Crippen molar-refractivity contribution in [2.75, 3.05) is 18.9 Å². The molecule has 86 valence electrons. The van der Waals surface area contributed by atoms with Crippen molar-refractivity contribution in [3.8, 4) is 11.8 Å². The van der Waals surface area contributed by atoms with E-state index in [9.17, 15) is 4.39 Å². The molecule has 1 aromatic carbocycles. The van der Waals surface area contributed by atoms with Gasteiger partial charge >= 0.3 is 0 Å². The van der Waals surface area contributed by atoms with Crippen LogP contribution in [0.3, 0.4) is 0 Å². The van der Waals surface area contributed by atoms with Gasteiger partial charge < -0.3 is 10.8 Å². The molecule has 2 nitrogen and oxygen atoms in total. The highest BCUT2D eigenvalue weighted by atomic mass is 32.2. The Morgan fingerprint density at radius 3 is 2.94 bits per heavy atom. The molecule has 0 unspecified atom stereocenters. The first-order valence-electron chi connectivity index (χ1n) is 4.94. The van der Waals surface area contributed by atoms with Crippen molar-refractivity contribution in [2.45, 2.75) is 5.75 Å². The summed E-state index contributed by atoms with van der Waals surface area (Å²) in [6.45, 7) is 0.384. The highest BCUT2D eigenvalue weighted by Gasteiger charge is 2.01. The van der Waals surface area contributed by atoms with Crippen LogP contribution in [0.2, 0.25) is 0 Å². The van der Waals surface area contributed by atoms with E-state index in [-0.39, 0.29) is 19.0 Å². The maximum Gasteiger partial charge on any atom is 0.138 e. The lowest BCUT2D eigenvalue weighted by molar-refractivity contribution is 0.322. The molecule has 3 N–H and O–H groups in total. The first kappa shape index (κ1) is 13.0. The van der Waals surface area contributed by atoms with E-state index in [1.807, 2.05) is 0 Å². The summed E-state index contributed by atoms with van der Waals surface area (Å²) in [6, 6.07) is 4.87. The number of aliphatic hydroxyl groups is 1. The Labute approximate surface area is 99.0 Å². The van der Waals surface area contributed by atoms with Crippen LogP contribution in [-0.2, 0) is 5.75 Å². The maximum absolute atomic E-state index is 13.3. The van der Waals surface area contributed by atoms with E-state index >= 15 is 0 Å². The largest absolute Gasteiger partial charge is 0.396 e. The minimum atomic E-state index is -0.322. The average Bonchev–Trinajstić information content (AvgIpc) is 2.30. The zero-order valence-corrected chi connectivity index (χ0v) is 9.69. The minimum absolute atomic E-state index is 0.158. The number of halogens is 1. The predicted molar refractivity (Wildman–Crippen MR) is 65.6 cm³/mol. The van der Waals surface area contributed by atoms with Gasteiger partial charge in [0.25, 0.3) is 0 Å². The van der Waals surface area contributed by atoms with Crippen LogP contribution in [0, 0.1) is 17.7 Å². The number of rotatable bonds is 4.